The number of allylic oxidation sites excluding steroid dienone is 9. The summed E-state index contributed by atoms with van der Waals surface area (Å²) >= 11 is 0. The van der Waals surface area contributed by atoms with E-state index in [0.717, 1.165) is 24.0 Å². The Labute approximate surface area is 215 Å². The molecule has 2 aromatic carbocycles. The van der Waals surface area contributed by atoms with Crippen molar-refractivity contribution in [2.24, 2.45) is 0 Å². The Morgan fingerprint density at radius 1 is 1.08 bits per heavy atom. The number of hydrogen-bond donors (Lipinski definition) is 0. The third-order valence-corrected chi connectivity index (χ3v) is 7.58. The van der Waals surface area contributed by atoms with E-state index < -0.39 is 0 Å². The molecule has 2 aliphatic carbocycles. The van der Waals surface area contributed by atoms with Gasteiger partial charge in [-0.25, -0.2) is 0 Å². The maximum atomic E-state index is 6.03. The monoisotopic (exact) mass is 473 g/mol. The maximum absolute atomic E-state index is 6.03. The molecule has 0 N–H and O–H groups in total. The average molecular weight is 474 g/mol. The molecule has 0 saturated carbocycles. The van der Waals surface area contributed by atoms with Crippen LogP contribution in [0.15, 0.2) is 103 Å². The molecule has 182 valence electrons. The lowest BCUT2D eigenvalue weighted by atomic mass is 9.82. The van der Waals surface area contributed by atoms with E-state index in [0.29, 0.717) is 6.73 Å². The van der Waals surface area contributed by atoms with Gasteiger partial charge < -0.3 is 9.30 Å². The van der Waals surface area contributed by atoms with Crippen LogP contribution in [0.2, 0.25) is 0 Å². The summed E-state index contributed by atoms with van der Waals surface area (Å²) in [7, 11) is 0. The van der Waals surface area contributed by atoms with Gasteiger partial charge in [0.15, 0.2) is 6.73 Å². The highest BCUT2D eigenvalue weighted by atomic mass is 16.5. The van der Waals surface area contributed by atoms with Crippen LogP contribution in [0.25, 0.3) is 28.1 Å². The van der Waals surface area contributed by atoms with Crippen molar-refractivity contribution in [1.82, 2.24) is 4.57 Å². The minimum absolute atomic E-state index is 0.0149. The molecule has 0 fully saturated rings. The Morgan fingerprint density at radius 3 is 2.75 bits per heavy atom. The van der Waals surface area contributed by atoms with Gasteiger partial charge in [0.1, 0.15) is 0 Å². The molecule has 2 heteroatoms. The largest absolute Gasteiger partial charge is 0.480 e. The summed E-state index contributed by atoms with van der Waals surface area (Å²) in [6.07, 6.45) is 20.5. The second-order valence-corrected chi connectivity index (χ2v) is 10.2. The van der Waals surface area contributed by atoms with Crippen LogP contribution < -0.4 is 0 Å². The van der Waals surface area contributed by atoms with Crippen LogP contribution in [0.4, 0.5) is 0 Å². The lowest BCUT2D eigenvalue weighted by molar-refractivity contribution is 0.179. The lowest BCUT2D eigenvalue weighted by Gasteiger charge is -2.21. The highest BCUT2D eigenvalue weighted by molar-refractivity contribution is 5.96. The molecular formula is C34H35NO. The van der Waals surface area contributed by atoms with E-state index >= 15 is 0 Å². The first-order chi connectivity index (χ1) is 17.4. The Bertz CT molecular complexity index is 1480. The quantitative estimate of drug-likeness (QED) is 0.247. The van der Waals surface area contributed by atoms with Gasteiger partial charge in [0.05, 0.1) is 11.8 Å². The molecule has 1 heterocycles. The summed E-state index contributed by atoms with van der Waals surface area (Å²) in [6, 6.07) is 13.7. The number of aromatic nitrogens is 1. The van der Waals surface area contributed by atoms with Crippen LogP contribution in [0.3, 0.4) is 0 Å². The molecule has 3 aromatic rings. The minimum Gasteiger partial charge on any atom is -0.480 e. The fraction of sp³-hybridized carbons (Fsp3) is 0.235. The predicted molar refractivity (Wildman–Crippen MR) is 154 cm³/mol. The van der Waals surface area contributed by atoms with Crippen LogP contribution >= 0.6 is 0 Å². The predicted octanol–water partition coefficient (Wildman–Crippen LogP) is 9.03. The molecular weight excluding hydrogens is 438 g/mol. The SMILES string of the molecule is C=C(/C=C\C=C/OCn1c2c(c3cc4c(cc31)C(C)(C)c1ccccc1-4)CCC=C2)/C(C)=C/C=C\C. The number of rotatable bonds is 7. The summed E-state index contributed by atoms with van der Waals surface area (Å²) in [6.45, 7) is 13.4. The first-order valence-electron chi connectivity index (χ1n) is 12.8. The van der Waals surface area contributed by atoms with Gasteiger partial charge in [0, 0.05) is 16.5 Å². The molecule has 0 aliphatic heterocycles. The Morgan fingerprint density at radius 2 is 1.92 bits per heavy atom. The molecule has 1 aromatic heterocycles. The molecule has 2 aliphatic rings. The first kappa shape index (κ1) is 23.9. The molecule has 0 atom stereocenters. The van der Waals surface area contributed by atoms with Crippen LogP contribution in [0.5, 0.6) is 0 Å². The number of fused-ring (bicyclic) bond motifs is 6. The molecule has 0 radical (unpaired) electrons. The van der Waals surface area contributed by atoms with E-state index in [1.807, 2.05) is 37.3 Å². The zero-order valence-electron chi connectivity index (χ0n) is 21.8. The number of nitrogens with zero attached hydrogens (tertiary/aromatic N) is 1. The fourth-order valence-corrected chi connectivity index (χ4v) is 5.52. The van der Waals surface area contributed by atoms with Crippen LogP contribution in [0, 0.1) is 0 Å². The van der Waals surface area contributed by atoms with Crippen molar-refractivity contribution in [3.63, 3.8) is 0 Å². The number of ether oxygens (including phenoxy) is 1. The molecule has 36 heavy (non-hydrogen) atoms. The highest BCUT2D eigenvalue weighted by Crippen LogP contribution is 2.50. The Hall–Kier alpha value is -3.78. The van der Waals surface area contributed by atoms with Crippen molar-refractivity contribution >= 4 is 17.0 Å². The lowest BCUT2D eigenvalue weighted by Crippen LogP contribution is -2.15. The third-order valence-electron chi connectivity index (χ3n) is 7.58. The Kier molecular flexibility index (Phi) is 6.45. The van der Waals surface area contributed by atoms with Gasteiger partial charge >= 0.3 is 0 Å². The van der Waals surface area contributed by atoms with Gasteiger partial charge in [-0.2, -0.15) is 0 Å². The van der Waals surface area contributed by atoms with Gasteiger partial charge in [0.25, 0.3) is 0 Å². The standard InChI is InChI=1S/C34H35NO/c1-6-7-14-24(2)25(3)15-12-13-20-36-23-35-32-19-11-9-17-27(32)29-21-28-26-16-8-10-18-30(26)34(4,5)31(28)22-33(29)35/h6-8,10-16,18-22H,3,9,17,23H2,1-2,4-5H3/b7-6-,15-12-,20-13-,24-14+. The van der Waals surface area contributed by atoms with Crippen LogP contribution in [-0.2, 0) is 23.3 Å². The molecule has 0 spiro atoms. The molecule has 0 bridgehead atoms. The van der Waals surface area contributed by atoms with E-state index in [2.05, 4.69) is 86.5 Å². The maximum Gasteiger partial charge on any atom is 0.164 e. The summed E-state index contributed by atoms with van der Waals surface area (Å²) < 4.78 is 8.36. The van der Waals surface area contributed by atoms with Gasteiger partial charge in [-0.3, -0.25) is 0 Å². The van der Waals surface area contributed by atoms with Crippen LogP contribution in [0.1, 0.15) is 56.5 Å². The Balaban J connectivity index is 1.43. The fourth-order valence-electron chi connectivity index (χ4n) is 5.52. The molecule has 2 nitrogen and oxygen atoms in total. The zero-order chi connectivity index (χ0) is 25.3. The van der Waals surface area contributed by atoms with Crippen LogP contribution in [-0.4, -0.2) is 4.57 Å². The molecule has 5 rings (SSSR count). The number of hydrogen-bond acceptors (Lipinski definition) is 1. The third kappa shape index (κ3) is 4.11. The van der Waals surface area contributed by atoms with Crippen molar-refractivity contribution in [2.45, 2.75) is 52.7 Å². The second-order valence-electron chi connectivity index (χ2n) is 10.2. The average Bonchev–Trinajstić information content (AvgIpc) is 3.32. The first-order valence-corrected chi connectivity index (χ1v) is 12.8. The van der Waals surface area contributed by atoms with Crippen molar-refractivity contribution < 1.29 is 4.74 Å². The smallest absolute Gasteiger partial charge is 0.164 e. The molecule has 0 saturated heterocycles. The normalized spacial score (nSPS) is 16.3. The van der Waals surface area contributed by atoms with Crippen molar-refractivity contribution in [2.75, 3.05) is 0 Å². The van der Waals surface area contributed by atoms with Gasteiger partial charge in [-0.05, 0) is 89.9 Å². The minimum atomic E-state index is -0.0149. The molecule has 0 amide bonds. The highest BCUT2D eigenvalue weighted by Gasteiger charge is 2.36. The van der Waals surface area contributed by atoms with E-state index in [4.69, 9.17) is 4.74 Å². The summed E-state index contributed by atoms with van der Waals surface area (Å²) in [5, 5.41) is 1.35. The van der Waals surface area contributed by atoms with Gasteiger partial charge in [0.2, 0.25) is 0 Å². The van der Waals surface area contributed by atoms with Crippen molar-refractivity contribution in [3.8, 4) is 11.1 Å². The van der Waals surface area contributed by atoms with Gasteiger partial charge in [-0.15, -0.1) is 0 Å². The number of aryl methyl sites for hydroxylation is 1. The second kappa shape index (κ2) is 9.70. The van der Waals surface area contributed by atoms with E-state index in [1.165, 1.54) is 44.4 Å². The van der Waals surface area contributed by atoms with E-state index in [1.54, 1.807) is 6.26 Å². The van der Waals surface area contributed by atoms with Crippen molar-refractivity contribution in [1.29, 1.82) is 0 Å². The summed E-state index contributed by atoms with van der Waals surface area (Å²) in [4.78, 5) is 0. The number of benzene rings is 2. The van der Waals surface area contributed by atoms with E-state index in [9.17, 15) is 0 Å². The van der Waals surface area contributed by atoms with Crippen molar-refractivity contribution in [3.05, 3.63) is 125 Å². The molecule has 0 unspecified atom stereocenters. The van der Waals surface area contributed by atoms with Gasteiger partial charge in [-0.1, -0.05) is 81.1 Å². The van der Waals surface area contributed by atoms with E-state index in [-0.39, 0.29) is 5.41 Å². The topological polar surface area (TPSA) is 14.2 Å². The summed E-state index contributed by atoms with van der Waals surface area (Å²) in [5.74, 6) is 0. The zero-order valence-corrected chi connectivity index (χ0v) is 21.8. The summed E-state index contributed by atoms with van der Waals surface area (Å²) in [5.41, 5.74) is 11.6.